The number of carbonyl (C=O) groups excluding carboxylic acids is 2. The maximum absolute atomic E-state index is 13.7. The summed E-state index contributed by atoms with van der Waals surface area (Å²) in [4.78, 5) is 35.4. The maximum Gasteiger partial charge on any atom is 0.248 e. The van der Waals surface area contributed by atoms with Crippen LogP contribution in [0.15, 0.2) is 73.3 Å². The number of nitrogens with zero attached hydrogens (tertiary/aromatic N) is 5. The molecule has 0 spiro atoms. The number of imidazole rings is 2. The van der Waals surface area contributed by atoms with Gasteiger partial charge in [0.25, 0.3) is 0 Å². The molecule has 0 unspecified atom stereocenters. The molecule has 2 aromatic carbocycles. The van der Waals surface area contributed by atoms with E-state index in [0.717, 1.165) is 53.4 Å². The molecule has 0 aliphatic heterocycles. The third-order valence-corrected chi connectivity index (χ3v) is 8.59. The van der Waals surface area contributed by atoms with Gasteiger partial charge in [0.2, 0.25) is 11.7 Å². The second kappa shape index (κ2) is 12.9. The van der Waals surface area contributed by atoms with Crippen LogP contribution in [0.3, 0.4) is 0 Å². The number of hydrogen-bond acceptors (Lipinski definition) is 7. The van der Waals surface area contributed by atoms with Gasteiger partial charge in [0.05, 0.1) is 40.9 Å². The van der Waals surface area contributed by atoms with E-state index in [-0.39, 0.29) is 17.3 Å². The lowest BCUT2D eigenvalue weighted by atomic mass is 9.93. The predicted molar refractivity (Wildman–Crippen MR) is 173 cm³/mol. The van der Waals surface area contributed by atoms with Gasteiger partial charge in [-0.2, -0.15) is 5.26 Å². The molecule has 10 nitrogen and oxygen atoms in total. The Morgan fingerprint density at radius 1 is 1.11 bits per heavy atom. The van der Waals surface area contributed by atoms with Crippen LogP contribution in [-0.4, -0.2) is 56.4 Å². The van der Waals surface area contributed by atoms with E-state index in [1.807, 2.05) is 36.7 Å². The van der Waals surface area contributed by atoms with Crippen molar-refractivity contribution in [2.45, 2.75) is 44.8 Å². The van der Waals surface area contributed by atoms with Crippen LogP contribution in [0.1, 0.15) is 52.9 Å². The van der Waals surface area contributed by atoms with Crippen molar-refractivity contribution in [3.8, 4) is 17.2 Å². The molecule has 2 N–H and O–H groups in total. The van der Waals surface area contributed by atoms with Gasteiger partial charge in [-0.3, -0.25) is 14.0 Å². The highest BCUT2D eigenvalue weighted by atomic mass is 16.5. The third kappa shape index (κ3) is 6.13. The largest absolute Gasteiger partial charge is 0.381 e. The van der Waals surface area contributed by atoms with Gasteiger partial charge in [0.15, 0.2) is 0 Å². The molecule has 0 atom stereocenters. The number of anilines is 1. The van der Waals surface area contributed by atoms with E-state index in [1.165, 1.54) is 12.1 Å². The number of fused-ring (bicyclic) bond motifs is 2. The highest BCUT2D eigenvalue weighted by Gasteiger charge is 2.21. The van der Waals surface area contributed by atoms with E-state index in [9.17, 15) is 14.9 Å². The molecule has 0 radical (unpaired) electrons. The van der Waals surface area contributed by atoms with Gasteiger partial charge in [0, 0.05) is 50.1 Å². The lowest BCUT2D eigenvalue weighted by Gasteiger charge is -2.27. The average molecular weight is 602 g/mol. The number of ether oxygens (including phenoxy) is 1. The zero-order valence-electron chi connectivity index (χ0n) is 25.6. The fourth-order valence-electron chi connectivity index (χ4n) is 6.07. The Hall–Kier alpha value is -5.11. The summed E-state index contributed by atoms with van der Waals surface area (Å²) in [6.07, 6.45) is 12.9. The molecular weight excluding hydrogens is 566 g/mol. The summed E-state index contributed by atoms with van der Waals surface area (Å²) >= 11 is 0. The number of aryl methyl sites for hydroxylation is 2. The van der Waals surface area contributed by atoms with Crippen molar-refractivity contribution in [1.82, 2.24) is 24.3 Å². The monoisotopic (exact) mass is 601 g/mol. The highest BCUT2D eigenvalue weighted by Crippen LogP contribution is 2.31. The Labute approximate surface area is 261 Å². The zero-order valence-corrected chi connectivity index (χ0v) is 25.6. The first-order valence-corrected chi connectivity index (χ1v) is 15.1. The summed E-state index contributed by atoms with van der Waals surface area (Å²) in [6.45, 7) is 2.62. The van der Waals surface area contributed by atoms with Crippen LogP contribution in [0, 0.1) is 18.3 Å². The van der Waals surface area contributed by atoms with Crippen molar-refractivity contribution in [3.05, 3.63) is 95.7 Å². The minimum atomic E-state index is -0.344. The van der Waals surface area contributed by atoms with Crippen molar-refractivity contribution in [1.29, 1.82) is 5.26 Å². The van der Waals surface area contributed by atoms with Gasteiger partial charge in [-0.25, -0.2) is 9.97 Å². The molecule has 1 fully saturated rings. The first-order chi connectivity index (χ1) is 21.9. The maximum atomic E-state index is 13.7. The van der Waals surface area contributed by atoms with Crippen molar-refractivity contribution >= 4 is 34.1 Å². The van der Waals surface area contributed by atoms with Gasteiger partial charge in [0.1, 0.15) is 17.4 Å². The third-order valence-electron chi connectivity index (χ3n) is 8.59. The van der Waals surface area contributed by atoms with E-state index in [1.54, 1.807) is 48.4 Å². The molecule has 10 heteroatoms. The first kappa shape index (κ1) is 29.9. The number of nitriles is 1. The SMILES string of the molecule is CO[C@H]1CC[C@H](NC/C=C/C(=O)Nc2ccc(C(=O)c3cnc4c(-c5cc6ncn(C)c6cc5C)cccn34)cc2C#N)CC1. The summed E-state index contributed by atoms with van der Waals surface area (Å²) < 4.78 is 9.17. The Morgan fingerprint density at radius 2 is 1.93 bits per heavy atom. The summed E-state index contributed by atoms with van der Waals surface area (Å²) in [5.74, 6) is -0.625. The Balaban J connectivity index is 1.16. The molecule has 5 aromatic rings. The Morgan fingerprint density at radius 3 is 2.71 bits per heavy atom. The second-order valence-electron chi connectivity index (χ2n) is 11.5. The highest BCUT2D eigenvalue weighted by molar-refractivity contribution is 6.09. The van der Waals surface area contributed by atoms with E-state index in [0.29, 0.717) is 41.3 Å². The summed E-state index contributed by atoms with van der Waals surface area (Å²) in [7, 11) is 3.72. The van der Waals surface area contributed by atoms with Crippen LogP contribution >= 0.6 is 0 Å². The zero-order chi connectivity index (χ0) is 31.5. The summed E-state index contributed by atoms with van der Waals surface area (Å²) in [5, 5.41) is 16.0. The van der Waals surface area contributed by atoms with Crippen LogP contribution in [0.4, 0.5) is 5.69 Å². The minimum Gasteiger partial charge on any atom is -0.381 e. The van der Waals surface area contributed by atoms with Crippen LogP contribution in [-0.2, 0) is 16.6 Å². The smallest absolute Gasteiger partial charge is 0.248 e. The van der Waals surface area contributed by atoms with Crippen molar-refractivity contribution in [2.75, 3.05) is 19.0 Å². The number of ketones is 1. The lowest BCUT2D eigenvalue weighted by molar-refractivity contribution is -0.111. The molecule has 1 amide bonds. The molecule has 1 aliphatic carbocycles. The van der Waals surface area contributed by atoms with Gasteiger partial charge in [-0.15, -0.1) is 0 Å². The van der Waals surface area contributed by atoms with E-state index in [2.05, 4.69) is 32.7 Å². The van der Waals surface area contributed by atoms with Gasteiger partial charge in [-0.1, -0.05) is 6.08 Å². The number of rotatable bonds is 9. The van der Waals surface area contributed by atoms with E-state index >= 15 is 0 Å². The topological polar surface area (TPSA) is 126 Å². The molecule has 3 aromatic heterocycles. The molecule has 1 aliphatic rings. The average Bonchev–Trinajstić information content (AvgIpc) is 3.66. The number of benzene rings is 2. The molecular formula is C35H35N7O3. The molecule has 0 saturated heterocycles. The van der Waals surface area contributed by atoms with Crippen LogP contribution in [0.5, 0.6) is 0 Å². The summed E-state index contributed by atoms with van der Waals surface area (Å²) in [5.41, 5.74) is 6.75. The summed E-state index contributed by atoms with van der Waals surface area (Å²) in [6, 6.07) is 15.2. The fraction of sp³-hybridized carbons (Fsp3) is 0.286. The van der Waals surface area contributed by atoms with Crippen molar-refractivity contribution in [2.24, 2.45) is 7.05 Å². The predicted octanol–water partition coefficient (Wildman–Crippen LogP) is 5.34. The first-order valence-electron chi connectivity index (χ1n) is 15.1. The number of hydrogen-bond donors (Lipinski definition) is 2. The van der Waals surface area contributed by atoms with Gasteiger partial charge in [-0.05, 0) is 86.2 Å². The number of pyridine rings is 1. The normalized spacial score (nSPS) is 16.8. The van der Waals surface area contributed by atoms with Gasteiger partial charge < -0.3 is 19.9 Å². The van der Waals surface area contributed by atoms with Gasteiger partial charge >= 0.3 is 0 Å². The van der Waals surface area contributed by atoms with Crippen LogP contribution in [0.25, 0.3) is 27.8 Å². The molecule has 3 heterocycles. The number of amides is 1. The number of nitrogens with one attached hydrogen (secondary N) is 2. The van der Waals surface area contributed by atoms with E-state index < -0.39 is 0 Å². The quantitative estimate of drug-likeness (QED) is 0.173. The van der Waals surface area contributed by atoms with Crippen molar-refractivity contribution in [3.63, 3.8) is 0 Å². The van der Waals surface area contributed by atoms with Crippen molar-refractivity contribution < 1.29 is 14.3 Å². The molecule has 0 bridgehead atoms. The Kier molecular flexibility index (Phi) is 8.56. The van der Waals surface area contributed by atoms with E-state index in [4.69, 9.17) is 4.74 Å². The standard InChI is InChI=1S/C35H35N7O3/c1-22-16-31-30(39-21-41(31)2)18-28(22)27-6-5-15-42-32(20-38-35(27)42)34(44)23-8-13-29(24(17-23)19-36)40-33(43)7-4-14-37-25-9-11-26(45-3)12-10-25/h4-8,13,15-18,20-21,25-26,37H,9-12,14H2,1-3H3,(H,40,43)/b7-4+/t25-,26-. The van der Waals surface area contributed by atoms with Crippen LogP contribution < -0.4 is 10.6 Å². The Bertz CT molecular complexity index is 1970. The molecule has 1 saturated carbocycles. The second-order valence-corrected chi connectivity index (χ2v) is 11.5. The number of aromatic nitrogens is 4. The molecule has 228 valence electrons. The molecule has 45 heavy (non-hydrogen) atoms. The minimum absolute atomic E-state index is 0.199. The van der Waals surface area contributed by atoms with Crippen LogP contribution in [0.2, 0.25) is 0 Å². The fourth-order valence-corrected chi connectivity index (χ4v) is 6.07. The number of methoxy groups -OCH3 is 1. The number of carbonyl (C=O) groups is 2. The lowest BCUT2D eigenvalue weighted by Crippen LogP contribution is -2.35. The molecule has 6 rings (SSSR count).